The Labute approximate surface area is 128 Å². The van der Waals surface area contributed by atoms with E-state index in [0.717, 1.165) is 25.2 Å². The molecule has 0 saturated heterocycles. The van der Waals surface area contributed by atoms with E-state index in [2.05, 4.69) is 32.6 Å². The molecule has 2 unspecified atom stereocenters. The minimum absolute atomic E-state index is 0.747. The van der Waals surface area contributed by atoms with Crippen LogP contribution in [-0.4, -0.2) is 30.1 Å². The molecule has 0 aromatic carbocycles. The molecular weight excluding hydrogens is 244 g/mol. The van der Waals surface area contributed by atoms with Gasteiger partial charge in [-0.05, 0) is 25.7 Å². The number of nitrogens with zero attached hydrogens (tertiary/aromatic N) is 1. The van der Waals surface area contributed by atoms with Crippen LogP contribution in [0.1, 0.15) is 91.9 Å². The Morgan fingerprint density at radius 2 is 1.20 bits per heavy atom. The Morgan fingerprint density at radius 1 is 0.750 bits per heavy atom. The van der Waals surface area contributed by atoms with Crippen molar-refractivity contribution in [2.45, 2.75) is 104 Å². The molecular formula is C18H40N2. The third-order valence-electron chi connectivity index (χ3n) is 4.55. The summed E-state index contributed by atoms with van der Waals surface area (Å²) in [6.45, 7) is 11.2. The zero-order chi connectivity index (χ0) is 15.2. The second-order valence-electron chi connectivity index (χ2n) is 6.14. The van der Waals surface area contributed by atoms with Crippen LogP contribution in [0.15, 0.2) is 0 Å². The minimum Gasteiger partial charge on any atom is -0.329 e. The van der Waals surface area contributed by atoms with Crippen LogP contribution in [-0.2, 0) is 0 Å². The van der Waals surface area contributed by atoms with Gasteiger partial charge in [-0.2, -0.15) is 0 Å². The quantitative estimate of drug-likeness (QED) is 0.457. The molecule has 0 spiro atoms. The Morgan fingerprint density at radius 3 is 1.50 bits per heavy atom. The third-order valence-corrected chi connectivity index (χ3v) is 4.55. The average molecular weight is 285 g/mol. The summed E-state index contributed by atoms with van der Waals surface area (Å²) in [5, 5.41) is 0. The third kappa shape index (κ3) is 8.26. The van der Waals surface area contributed by atoms with Gasteiger partial charge in [0.05, 0.1) is 0 Å². The zero-order valence-corrected chi connectivity index (χ0v) is 14.7. The summed E-state index contributed by atoms with van der Waals surface area (Å²) in [5.74, 6) is 0. The number of rotatable bonds is 14. The molecule has 0 aliphatic heterocycles. The summed E-state index contributed by atoms with van der Waals surface area (Å²) in [7, 11) is 0. The molecule has 2 nitrogen and oxygen atoms in total. The molecule has 0 bridgehead atoms. The first-order valence-electron chi connectivity index (χ1n) is 9.20. The Kier molecular flexibility index (Phi) is 13.8. The predicted molar refractivity (Wildman–Crippen MR) is 92.2 cm³/mol. The minimum atomic E-state index is 0.747. The zero-order valence-electron chi connectivity index (χ0n) is 14.7. The van der Waals surface area contributed by atoms with E-state index in [9.17, 15) is 0 Å². The first kappa shape index (κ1) is 19.9. The van der Waals surface area contributed by atoms with E-state index >= 15 is 0 Å². The molecule has 0 rings (SSSR count). The summed E-state index contributed by atoms with van der Waals surface area (Å²) < 4.78 is 0. The number of nitrogens with two attached hydrogens (primary N) is 1. The molecule has 0 heterocycles. The average Bonchev–Trinajstić information content (AvgIpc) is 2.47. The van der Waals surface area contributed by atoms with Crippen molar-refractivity contribution >= 4 is 0 Å². The van der Waals surface area contributed by atoms with Crippen LogP contribution in [0.5, 0.6) is 0 Å². The molecule has 0 radical (unpaired) electrons. The van der Waals surface area contributed by atoms with E-state index in [1.165, 1.54) is 64.2 Å². The lowest BCUT2D eigenvalue weighted by atomic mass is 9.98. The maximum absolute atomic E-state index is 5.88. The molecule has 0 fully saturated rings. The van der Waals surface area contributed by atoms with Crippen LogP contribution in [0.25, 0.3) is 0 Å². The summed E-state index contributed by atoms with van der Waals surface area (Å²) in [4.78, 5) is 2.74. The molecule has 2 atom stereocenters. The number of hydrogen-bond acceptors (Lipinski definition) is 2. The lowest BCUT2D eigenvalue weighted by Crippen LogP contribution is -2.45. The Bertz CT molecular complexity index is 176. The summed E-state index contributed by atoms with van der Waals surface area (Å²) in [5.41, 5.74) is 5.88. The highest BCUT2D eigenvalue weighted by Gasteiger charge is 2.22. The fourth-order valence-electron chi connectivity index (χ4n) is 3.28. The smallest absolute Gasteiger partial charge is 0.0110 e. The molecule has 0 aliphatic carbocycles. The van der Waals surface area contributed by atoms with Crippen LogP contribution in [0.3, 0.4) is 0 Å². The molecule has 0 amide bonds. The molecule has 2 N–H and O–H groups in total. The van der Waals surface area contributed by atoms with Crippen LogP contribution in [0.4, 0.5) is 0 Å². The van der Waals surface area contributed by atoms with Crippen molar-refractivity contribution < 1.29 is 0 Å². The second kappa shape index (κ2) is 13.9. The van der Waals surface area contributed by atoms with E-state index in [1.54, 1.807) is 0 Å². The van der Waals surface area contributed by atoms with Gasteiger partial charge in [-0.3, -0.25) is 4.90 Å². The highest BCUT2D eigenvalue weighted by Crippen LogP contribution is 2.21. The second-order valence-corrected chi connectivity index (χ2v) is 6.14. The summed E-state index contributed by atoms with van der Waals surface area (Å²) >= 11 is 0. The van der Waals surface area contributed by atoms with Crippen LogP contribution in [0, 0.1) is 0 Å². The van der Waals surface area contributed by atoms with Gasteiger partial charge >= 0.3 is 0 Å². The first-order chi connectivity index (χ1) is 9.74. The van der Waals surface area contributed by atoms with Crippen molar-refractivity contribution in [1.82, 2.24) is 4.90 Å². The van der Waals surface area contributed by atoms with Crippen molar-refractivity contribution in [3.05, 3.63) is 0 Å². The highest BCUT2D eigenvalue weighted by molar-refractivity contribution is 4.78. The van der Waals surface area contributed by atoms with Crippen molar-refractivity contribution in [2.75, 3.05) is 13.1 Å². The maximum Gasteiger partial charge on any atom is 0.0110 e. The predicted octanol–water partition coefficient (Wildman–Crippen LogP) is 4.96. The summed E-state index contributed by atoms with van der Waals surface area (Å²) in [6.07, 6.45) is 13.4. The molecule has 2 heteroatoms. The first-order valence-corrected chi connectivity index (χ1v) is 9.20. The van der Waals surface area contributed by atoms with E-state index in [0.29, 0.717) is 0 Å². The molecule has 0 saturated carbocycles. The molecule has 0 aliphatic rings. The lowest BCUT2D eigenvalue weighted by Gasteiger charge is -2.38. The maximum atomic E-state index is 5.88. The van der Waals surface area contributed by atoms with E-state index < -0.39 is 0 Å². The SMILES string of the molecule is CCCCCC(CC)N(CCN)C(CC)CCCCC. The highest BCUT2D eigenvalue weighted by atomic mass is 15.2. The standard InChI is InChI=1S/C18H40N2/c1-5-9-11-13-17(7-3)20(16-15-19)18(8-4)14-12-10-6-2/h17-18H,5-16,19H2,1-4H3. The largest absolute Gasteiger partial charge is 0.329 e. The lowest BCUT2D eigenvalue weighted by molar-refractivity contribution is 0.112. The molecule has 0 aromatic heterocycles. The van der Waals surface area contributed by atoms with Gasteiger partial charge < -0.3 is 5.73 Å². The number of unbranched alkanes of at least 4 members (excludes halogenated alkanes) is 4. The summed E-state index contributed by atoms with van der Waals surface area (Å²) in [6, 6.07) is 1.49. The molecule has 122 valence electrons. The molecule has 20 heavy (non-hydrogen) atoms. The Balaban J connectivity index is 4.49. The van der Waals surface area contributed by atoms with Crippen molar-refractivity contribution in [1.29, 1.82) is 0 Å². The van der Waals surface area contributed by atoms with E-state index in [-0.39, 0.29) is 0 Å². The van der Waals surface area contributed by atoms with Gasteiger partial charge in [0.15, 0.2) is 0 Å². The topological polar surface area (TPSA) is 29.3 Å². The van der Waals surface area contributed by atoms with Gasteiger partial charge in [0, 0.05) is 25.2 Å². The van der Waals surface area contributed by atoms with Gasteiger partial charge in [0.2, 0.25) is 0 Å². The van der Waals surface area contributed by atoms with Gasteiger partial charge in [-0.1, -0.05) is 66.2 Å². The van der Waals surface area contributed by atoms with Crippen molar-refractivity contribution in [2.24, 2.45) is 5.73 Å². The van der Waals surface area contributed by atoms with Crippen LogP contribution >= 0.6 is 0 Å². The van der Waals surface area contributed by atoms with Crippen molar-refractivity contribution in [3.63, 3.8) is 0 Å². The monoisotopic (exact) mass is 284 g/mol. The van der Waals surface area contributed by atoms with Crippen molar-refractivity contribution in [3.8, 4) is 0 Å². The van der Waals surface area contributed by atoms with Gasteiger partial charge in [0.1, 0.15) is 0 Å². The van der Waals surface area contributed by atoms with E-state index in [4.69, 9.17) is 5.73 Å². The van der Waals surface area contributed by atoms with Gasteiger partial charge in [-0.15, -0.1) is 0 Å². The normalized spacial score (nSPS) is 14.7. The van der Waals surface area contributed by atoms with Crippen LogP contribution in [0.2, 0.25) is 0 Å². The van der Waals surface area contributed by atoms with Gasteiger partial charge in [-0.25, -0.2) is 0 Å². The Hall–Kier alpha value is -0.0800. The fraction of sp³-hybridized carbons (Fsp3) is 1.00. The number of hydrogen-bond donors (Lipinski definition) is 1. The van der Waals surface area contributed by atoms with E-state index in [1.807, 2.05) is 0 Å². The fourth-order valence-corrected chi connectivity index (χ4v) is 3.28. The van der Waals surface area contributed by atoms with Crippen LogP contribution < -0.4 is 5.73 Å². The molecule has 0 aromatic rings. The van der Waals surface area contributed by atoms with Gasteiger partial charge in [0.25, 0.3) is 0 Å².